The number of furan rings is 1. The summed E-state index contributed by atoms with van der Waals surface area (Å²) in [6.07, 6.45) is 5.06. The number of hydrogen-bond donors (Lipinski definition) is 2. The van der Waals surface area contributed by atoms with Crippen LogP contribution >= 0.6 is 0 Å². The quantitative estimate of drug-likeness (QED) is 0.506. The summed E-state index contributed by atoms with van der Waals surface area (Å²) in [5.74, 6) is -2.12. The van der Waals surface area contributed by atoms with E-state index in [4.69, 9.17) is 4.42 Å². The third kappa shape index (κ3) is 5.59. The third-order valence-corrected chi connectivity index (χ3v) is 6.20. The number of para-hydroxylation sites is 1. The van der Waals surface area contributed by atoms with Gasteiger partial charge in [0.1, 0.15) is 11.9 Å². The van der Waals surface area contributed by atoms with Crippen molar-refractivity contribution >= 4 is 23.4 Å². The van der Waals surface area contributed by atoms with Crippen LogP contribution in [0.2, 0.25) is 0 Å². The zero-order chi connectivity index (χ0) is 24.8. The van der Waals surface area contributed by atoms with Gasteiger partial charge in [0.2, 0.25) is 11.8 Å². The number of anilines is 1. The predicted octanol–water partition coefficient (Wildman–Crippen LogP) is 4.29. The molecular formula is C27H28FN3O4. The Bertz CT molecular complexity index is 1190. The number of hydrogen-bond acceptors (Lipinski definition) is 4. The molecule has 1 atom stereocenters. The highest BCUT2D eigenvalue weighted by Gasteiger charge is 2.36. The van der Waals surface area contributed by atoms with E-state index in [1.807, 2.05) is 19.1 Å². The first kappa shape index (κ1) is 24.2. The highest BCUT2D eigenvalue weighted by Crippen LogP contribution is 2.32. The summed E-state index contributed by atoms with van der Waals surface area (Å²) in [7, 11) is 0. The first-order valence-electron chi connectivity index (χ1n) is 11.7. The standard InChI is InChI=1S/C27H28FN3O4/c1-18-9-2-7-14-22(18)31(24(32)17-29-26(33)23-15-8-16-35-23)25(20-12-5-6-13-21(20)28)27(34)30-19-10-3-4-11-19/h2,5-9,12-16,19,25H,3-4,10-11,17H2,1H3,(H,29,33)(H,30,34)/t25-/m0/s1. The van der Waals surface area contributed by atoms with Crippen molar-refractivity contribution in [1.82, 2.24) is 10.6 Å². The summed E-state index contributed by atoms with van der Waals surface area (Å²) in [4.78, 5) is 40.9. The minimum Gasteiger partial charge on any atom is -0.459 e. The van der Waals surface area contributed by atoms with Crippen molar-refractivity contribution < 1.29 is 23.2 Å². The number of aryl methyl sites for hydroxylation is 1. The van der Waals surface area contributed by atoms with Crippen LogP contribution in [0.15, 0.2) is 71.3 Å². The summed E-state index contributed by atoms with van der Waals surface area (Å²) in [5, 5.41) is 5.55. The first-order chi connectivity index (χ1) is 17.0. The Labute approximate surface area is 203 Å². The molecule has 3 aromatic rings. The highest BCUT2D eigenvalue weighted by atomic mass is 19.1. The van der Waals surface area contributed by atoms with Crippen LogP contribution in [0, 0.1) is 12.7 Å². The van der Waals surface area contributed by atoms with Gasteiger partial charge in [0, 0.05) is 17.3 Å². The second kappa shape index (κ2) is 11.0. The van der Waals surface area contributed by atoms with Crippen LogP contribution in [0.4, 0.5) is 10.1 Å². The summed E-state index contributed by atoms with van der Waals surface area (Å²) in [6, 6.07) is 14.8. The summed E-state index contributed by atoms with van der Waals surface area (Å²) in [6.45, 7) is 1.40. The largest absolute Gasteiger partial charge is 0.459 e. The Kier molecular flexibility index (Phi) is 7.60. The van der Waals surface area contributed by atoms with Gasteiger partial charge < -0.3 is 15.1 Å². The third-order valence-electron chi connectivity index (χ3n) is 6.20. The molecular weight excluding hydrogens is 449 g/mol. The molecule has 2 N–H and O–H groups in total. The van der Waals surface area contributed by atoms with Gasteiger partial charge in [-0.15, -0.1) is 0 Å². The Morgan fingerprint density at radius 1 is 1.03 bits per heavy atom. The number of carbonyl (C=O) groups excluding carboxylic acids is 3. The number of benzene rings is 2. The molecule has 1 aromatic heterocycles. The van der Waals surface area contributed by atoms with Gasteiger partial charge in [-0.1, -0.05) is 49.2 Å². The molecule has 0 radical (unpaired) electrons. The van der Waals surface area contributed by atoms with E-state index in [1.54, 1.807) is 24.3 Å². The average Bonchev–Trinajstić information content (AvgIpc) is 3.57. The molecule has 0 unspecified atom stereocenters. The van der Waals surface area contributed by atoms with E-state index >= 15 is 4.39 Å². The molecule has 7 nitrogen and oxygen atoms in total. The van der Waals surface area contributed by atoms with Gasteiger partial charge in [0.15, 0.2) is 5.76 Å². The van der Waals surface area contributed by atoms with Crippen molar-refractivity contribution in [2.24, 2.45) is 0 Å². The lowest BCUT2D eigenvalue weighted by atomic mass is 10.0. The van der Waals surface area contributed by atoms with Crippen LogP contribution in [0.3, 0.4) is 0 Å². The summed E-state index contributed by atoms with van der Waals surface area (Å²) in [5.41, 5.74) is 1.27. The first-order valence-corrected chi connectivity index (χ1v) is 11.7. The maximum Gasteiger partial charge on any atom is 0.287 e. The van der Waals surface area contributed by atoms with Crippen LogP contribution < -0.4 is 15.5 Å². The van der Waals surface area contributed by atoms with Gasteiger partial charge in [-0.05, 0) is 49.6 Å². The van der Waals surface area contributed by atoms with Gasteiger partial charge in [-0.25, -0.2) is 4.39 Å². The van der Waals surface area contributed by atoms with E-state index in [0.717, 1.165) is 31.2 Å². The maximum absolute atomic E-state index is 15.1. The SMILES string of the molecule is Cc1ccccc1N(C(=O)CNC(=O)c1ccco1)[C@H](C(=O)NC1CCCC1)c1ccccc1F. The minimum atomic E-state index is -1.26. The van der Waals surface area contributed by atoms with Crippen LogP contribution in [-0.2, 0) is 9.59 Å². The number of halogens is 1. The molecule has 1 aliphatic rings. The zero-order valence-electron chi connectivity index (χ0n) is 19.5. The fourth-order valence-electron chi connectivity index (χ4n) is 4.43. The molecule has 1 aliphatic carbocycles. The Hall–Kier alpha value is -3.94. The van der Waals surface area contributed by atoms with Crippen molar-refractivity contribution in [3.8, 4) is 0 Å². The summed E-state index contributed by atoms with van der Waals surface area (Å²) < 4.78 is 20.1. The van der Waals surface area contributed by atoms with E-state index in [2.05, 4.69) is 10.6 Å². The Morgan fingerprint density at radius 3 is 2.43 bits per heavy atom. The molecule has 182 valence electrons. The molecule has 8 heteroatoms. The van der Waals surface area contributed by atoms with Crippen molar-refractivity contribution in [1.29, 1.82) is 0 Å². The monoisotopic (exact) mass is 477 g/mol. The molecule has 35 heavy (non-hydrogen) atoms. The van der Waals surface area contributed by atoms with Crippen molar-refractivity contribution in [2.45, 2.75) is 44.7 Å². The highest BCUT2D eigenvalue weighted by molar-refractivity contribution is 6.04. The van der Waals surface area contributed by atoms with Crippen LogP contribution in [0.1, 0.15) is 53.4 Å². The van der Waals surface area contributed by atoms with E-state index in [9.17, 15) is 14.4 Å². The molecule has 0 aliphatic heterocycles. The molecule has 3 amide bonds. The fraction of sp³-hybridized carbons (Fsp3) is 0.296. The second-order valence-electron chi connectivity index (χ2n) is 8.62. The number of amides is 3. The molecule has 1 saturated carbocycles. The van der Waals surface area contributed by atoms with Gasteiger partial charge in [0.25, 0.3) is 5.91 Å². The lowest BCUT2D eigenvalue weighted by Crippen LogP contribution is -2.49. The lowest BCUT2D eigenvalue weighted by Gasteiger charge is -2.33. The van der Waals surface area contributed by atoms with Gasteiger partial charge in [-0.2, -0.15) is 0 Å². The fourth-order valence-corrected chi connectivity index (χ4v) is 4.43. The van der Waals surface area contributed by atoms with E-state index in [0.29, 0.717) is 5.69 Å². The van der Waals surface area contributed by atoms with Gasteiger partial charge >= 0.3 is 0 Å². The molecule has 0 spiro atoms. The second-order valence-corrected chi connectivity index (χ2v) is 8.62. The maximum atomic E-state index is 15.1. The van der Waals surface area contributed by atoms with Gasteiger partial charge in [-0.3, -0.25) is 19.3 Å². The molecule has 0 saturated heterocycles. The van der Waals surface area contributed by atoms with Crippen molar-refractivity contribution in [3.63, 3.8) is 0 Å². The molecule has 1 fully saturated rings. The number of carbonyl (C=O) groups is 3. The van der Waals surface area contributed by atoms with Crippen LogP contribution in [-0.4, -0.2) is 30.3 Å². The topological polar surface area (TPSA) is 91.7 Å². The predicted molar refractivity (Wildman–Crippen MR) is 129 cm³/mol. The number of rotatable bonds is 8. The van der Waals surface area contributed by atoms with E-state index in [1.165, 1.54) is 35.4 Å². The number of nitrogens with one attached hydrogen (secondary N) is 2. The van der Waals surface area contributed by atoms with Crippen LogP contribution in [0.25, 0.3) is 0 Å². The smallest absolute Gasteiger partial charge is 0.287 e. The van der Waals surface area contributed by atoms with Gasteiger partial charge in [0.05, 0.1) is 12.8 Å². The van der Waals surface area contributed by atoms with E-state index < -0.39 is 36.1 Å². The molecule has 4 rings (SSSR count). The summed E-state index contributed by atoms with van der Waals surface area (Å²) >= 11 is 0. The Morgan fingerprint density at radius 2 is 1.74 bits per heavy atom. The average molecular weight is 478 g/mol. The Balaban J connectivity index is 1.71. The van der Waals surface area contributed by atoms with Crippen LogP contribution in [0.5, 0.6) is 0 Å². The number of nitrogens with zero attached hydrogens (tertiary/aromatic N) is 1. The normalized spacial score (nSPS) is 14.3. The molecule has 2 aromatic carbocycles. The molecule has 1 heterocycles. The van der Waals surface area contributed by atoms with E-state index in [-0.39, 0.29) is 17.4 Å². The lowest BCUT2D eigenvalue weighted by molar-refractivity contribution is -0.126. The zero-order valence-corrected chi connectivity index (χ0v) is 19.5. The van der Waals surface area contributed by atoms with Crippen molar-refractivity contribution in [3.05, 3.63) is 89.6 Å². The van der Waals surface area contributed by atoms with Crippen molar-refractivity contribution in [2.75, 3.05) is 11.4 Å². The minimum absolute atomic E-state index is 0.0238. The molecule has 0 bridgehead atoms.